The first-order chi connectivity index (χ1) is 16.2. The standard InChI is InChI=1S/C26H21N5O2/c1-19-10-12-24(13-11-19)31-16-22(27-29-31)18-33-25-9-5-6-20(14-25)26-21(17-32)15-30(28-26)23-7-3-2-4-8-23/h2-17H,18H2,1H3. The molecule has 0 unspecified atom stereocenters. The molecule has 3 aromatic carbocycles. The number of benzene rings is 3. The van der Waals surface area contributed by atoms with Crippen LogP contribution in [0.3, 0.4) is 0 Å². The van der Waals surface area contributed by atoms with E-state index < -0.39 is 0 Å². The Morgan fingerprint density at radius 3 is 2.45 bits per heavy atom. The Kier molecular flexibility index (Phi) is 5.51. The van der Waals surface area contributed by atoms with E-state index in [0.717, 1.165) is 23.2 Å². The lowest BCUT2D eigenvalue weighted by Gasteiger charge is -2.06. The fourth-order valence-corrected chi connectivity index (χ4v) is 3.49. The molecule has 0 N–H and O–H groups in total. The minimum absolute atomic E-state index is 0.272. The first-order valence-electron chi connectivity index (χ1n) is 10.5. The summed E-state index contributed by atoms with van der Waals surface area (Å²) in [5.74, 6) is 0.656. The number of ether oxygens (including phenoxy) is 1. The maximum absolute atomic E-state index is 11.7. The number of carbonyl (C=O) groups is 1. The first kappa shape index (κ1) is 20.4. The van der Waals surface area contributed by atoms with Crippen molar-refractivity contribution in [3.63, 3.8) is 0 Å². The Balaban J connectivity index is 1.34. The molecule has 2 aromatic heterocycles. The van der Waals surface area contributed by atoms with Crippen LogP contribution in [-0.2, 0) is 6.61 Å². The Morgan fingerprint density at radius 2 is 1.67 bits per heavy atom. The number of carbonyl (C=O) groups excluding carboxylic acids is 1. The summed E-state index contributed by atoms with van der Waals surface area (Å²) in [7, 11) is 0. The fourth-order valence-electron chi connectivity index (χ4n) is 3.49. The van der Waals surface area contributed by atoms with Gasteiger partial charge in [0.25, 0.3) is 0 Å². The van der Waals surface area contributed by atoms with Crippen LogP contribution in [0.4, 0.5) is 0 Å². The van der Waals surface area contributed by atoms with Gasteiger partial charge in [-0.25, -0.2) is 9.36 Å². The van der Waals surface area contributed by atoms with Crippen molar-refractivity contribution >= 4 is 6.29 Å². The van der Waals surface area contributed by atoms with Crippen molar-refractivity contribution in [3.8, 4) is 28.4 Å². The van der Waals surface area contributed by atoms with Crippen LogP contribution in [0, 0.1) is 6.92 Å². The van der Waals surface area contributed by atoms with E-state index in [1.807, 2.05) is 92.0 Å². The van der Waals surface area contributed by atoms with E-state index in [1.165, 1.54) is 5.56 Å². The van der Waals surface area contributed by atoms with Crippen molar-refractivity contribution in [2.24, 2.45) is 0 Å². The zero-order valence-electron chi connectivity index (χ0n) is 18.0. The van der Waals surface area contributed by atoms with Crippen molar-refractivity contribution in [1.29, 1.82) is 0 Å². The molecule has 2 heterocycles. The van der Waals surface area contributed by atoms with Gasteiger partial charge in [-0.1, -0.05) is 53.2 Å². The van der Waals surface area contributed by atoms with Crippen LogP contribution in [0.5, 0.6) is 5.75 Å². The first-order valence-corrected chi connectivity index (χ1v) is 10.5. The normalized spacial score (nSPS) is 10.8. The van der Waals surface area contributed by atoms with Gasteiger partial charge in [0.15, 0.2) is 6.29 Å². The molecular weight excluding hydrogens is 414 g/mol. The molecule has 7 heteroatoms. The summed E-state index contributed by atoms with van der Waals surface area (Å²) in [4.78, 5) is 11.7. The van der Waals surface area contributed by atoms with Gasteiger partial charge in [0.05, 0.1) is 23.1 Å². The maximum Gasteiger partial charge on any atom is 0.153 e. The van der Waals surface area contributed by atoms with Gasteiger partial charge < -0.3 is 4.74 Å². The average Bonchev–Trinajstić information content (AvgIpc) is 3.51. The van der Waals surface area contributed by atoms with Gasteiger partial charge >= 0.3 is 0 Å². The number of hydrogen-bond donors (Lipinski definition) is 0. The zero-order valence-corrected chi connectivity index (χ0v) is 18.0. The molecule has 5 rings (SSSR count). The predicted molar refractivity (Wildman–Crippen MR) is 125 cm³/mol. The maximum atomic E-state index is 11.7. The minimum atomic E-state index is 0.272. The van der Waals surface area contributed by atoms with E-state index in [1.54, 1.807) is 15.6 Å². The third-order valence-corrected chi connectivity index (χ3v) is 5.22. The fraction of sp³-hybridized carbons (Fsp3) is 0.0769. The molecule has 0 saturated heterocycles. The molecule has 162 valence electrons. The summed E-state index contributed by atoms with van der Waals surface area (Å²) >= 11 is 0. The van der Waals surface area contributed by atoms with Crippen LogP contribution >= 0.6 is 0 Å². The Morgan fingerprint density at radius 1 is 0.879 bits per heavy atom. The summed E-state index contributed by atoms with van der Waals surface area (Å²) in [6.45, 7) is 2.32. The quantitative estimate of drug-likeness (QED) is 0.343. The van der Waals surface area contributed by atoms with Gasteiger partial charge in [-0.2, -0.15) is 5.10 Å². The monoisotopic (exact) mass is 435 g/mol. The number of nitrogens with zero attached hydrogens (tertiary/aromatic N) is 5. The molecule has 0 bridgehead atoms. The van der Waals surface area contributed by atoms with Crippen LogP contribution < -0.4 is 4.74 Å². The second-order valence-electron chi connectivity index (χ2n) is 7.64. The van der Waals surface area contributed by atoms with Crippen molar-refractivity contribution in [1.82, 2.24) is 24.8 Å². The van der Waals surface area contributed by atoms with E-state index in [4.69, 9.17) is 4.74 Å². The van der Waals surface area contributed by atoms with E-state index >= 15 is 0 Å². The van der Waals surface area contributed by atoms with Crippen LogP contribution in [0.1, 0.15) is 21.6 Å². The van der Waals surface area contributed by atoms with Gasteiger partial charge in [0.1, 0.15) is 23.7 Å². The topological polar surface area (TPSA) is 74.8 Å². The highest BCUT2D eigenvalue weighted by molar-refractivity contribution is 5.85. The summed E-state index contributed by atoms with van der Waals surface area (Å²) in [6.07, 6.45) is 4.40. The highest BCUT2D eigenvalue weighted by atomic mass is 16.5. The van der Waals surface area contributed by atoms with Crippen LogP contribution in [0.25, 0.3) is 22.6 Å². The lowest BCUT2D eigenvalue weighted by molar-refractivity contribution is 0.112. The summed E-state index contributed by atoms with van der Waals surface area (Å²) in [5, 5.41) is 13.0. The minimum Gasteiger partial charge on any atom is -0.487 e. The third kappa shape index (κ3) is 4.43. The van der Waals surface area contributed by atoms with Crippen molar-refractivity contribution in [2.75, 3.05) is 0 Å². The highest BCUT2D eigenvalue weighted by Crippen LogP contribution is 2.26. The van der Waals surface area contributed by atoms with Crippen molar-refractivity contribution < 1.29 is 9.53 Å². The van der Waals surface area contributed by atoms with E-state index in [2.05, 4.69) is 15.4 Å². The number of aromatic nitrogens is 5. The van der Waals surface area contributed by atoms with Gasteiger partial charge in [-0.3, -0.25) is 4.79 Å². The molecule has 0 fully saturated rings. The molecule has 0 aliphatic heterocycles. The molecule has 0 saturated carbocycles. The van der Waals surface area contributed by atoms with E-state index in [0.29, 0.717) is 22.7 Å². The molecule has 33 heavy (non-hydrogen) atoms. The Labute approximate surface area is 190 Å². The van der Waals surface area contributed by atoms with E-state index in [-0.39, 0.29) is 6.61 Å². The molecule has 7 nitrogen and oxygen atoms in total. The second kappa shape index (κ2) is 8.92. The lowest BCUT2D eigenvalue weighted by Crippen LogP contribution is -1.97. The molecule has 5 aromatic rings. The molecule has 0 aliphatic carbocycles. The molecular formula is C26H21N5O2. The number of para-hydroxylation sites is 1. The van der Waals surface area contributed by atoms with Crippen molar-refractivity contribution in [3.05, 3.63) is 108 Å². The van der Waals surface area contributed by atoms with Crippen LogP contribution in [-0.4, -0.2) is 31.1 Å². The van der Waals surface area contributed by atoms with Crippen LogP contribution in [0.15, 0.2) is 91.3 Å². The second-order valence-corrected chi connectivity index (χ2v) is 7.64. The summed E-state index contributed by atoms with van der Waals surface area (Å²) in [6, 6.07) is 25.3. The summed E-state index contributed by atoms with van der Waals surface area (Å²) in [5.41, 5.74) is 5.64. The largest absolute Gasteiger partial charge is 0.487 e. The van der Waals surface area contributed by atoms with Crippen LogP contribution in [0.2, 0.25) is 0 Å². The third-order valence-electron chi connectivity index (χ3n) is 5.22. The SMILES string of the molecule is Cc1ccc(-n2cc(COc3cccc(-c4nn(-c5ccccc5)cc4C=O)c3)nn2)cc1. The number of aldehydes is 1. The smallest absolute Gasteiger partial charge is 0.153 e. The average molecular weight is 435 g/mol. The molecule has 0 radical (unpaired) electrons. The number of hydrogen-bond acceptors (Lipinski definition) is 5. The molecule has 0 spiro atoms. The van der Waals surface area contributed by atoms with Gasteiger partial charge in [-0.15, -0.1) is 5.10 Å². The van der Waals surface area contributed by atoms with Gasteiger partial charge in [0.2, 0.25) is 0 Å². The van der Waals surface area contributed by atoms with Gasteiger partial charge in [-0.05, 0) is 43.3 Å². The molecule has 0 aliphatic rings. The number of aryl methyl sites for hydroxylation is 1. The Hall–Kier alpha value is -4.52. The molecule has 0 amide bonds. The predicted octanol–water partition coefficient (Wildman–Crippen LogP) is 4.82. The zero-order chi connectivity index (χ0) is 22.6. The van der Waals surface area contributed by atoms with E-state index in [9.17, 15) is 4.79 Å². The van der Waals surface area contributed by atoms with Crippen molar-refractivity contribution in [2.45, 2.75) is 13.5 Å². The Bertz CT molecular complexity index is 1390. The lowest BCUT2D eigenvalue weighted by atomic mass is 10.1. The summed E-state index contributed by atoms with van der Waals surface area (Å²) < 4.78 is 9.38. The number of rotatable bonds is 7. The molecule has 0 atom stereocenters. The highest BCUT2D eigenvalue weighted by Gasteiger charge is 2.13. The van der Waals surface area contributed by atoms with Gasteiger partial charge in [0, 0.05) is 11.8 Å².